The summed E-state index contributed by atoms with van der Waals surface area (Å²) in [4.78, 5) is 26.5. The van der Waals surface area contributed by atoms with Crippen LogP contribution in [-0.4, -0.2) is 33.7 Å². The Morgan fingerprint density at radius 3 is 2.68 bits per heavy atom. The van der Waals surface area contributed by atoms with Crippen LogP contribution in [0.25, 0.3) is 0 Å². The Balaban J connectivity index is 0.00000225. The second-order valence-corrected chi connectivity index (χ2v) is 6.53. The standard InChI is InChI=1S/C17H21ClN4O2.ClH/c1-20-10-12(16(23)21(2)17(20)24)11-22-8-7-19-9-15(22)13-5-3-4-6-14(13)18;/h3-6,10,15,19H,7-9,11H2,1-2H3;1H. The van der Waals surface area contributed by atoms with Crippen LogP contribution in [0.4, 0.5) is 0 Å². The van der Waals surface area contributed by atoms with E-state index in [1.807, 2.05) is 24.3 Å². The van der Waals surface area contributed by atoms with Gasteiger partial charge in [0.1, 0.15) is 0 Å². The molecule has 1 aromatic heterocycles. The van der Waals surface area contributed by atoms with Gasteiger partial charge in [-0.3, -0.25) is 14.3 Å². The van der Waals surface area contributed by atoms with Crippen LogP contribution in [0, 0.1) is 0 Å². The molecule has 136 valence electrons. The average molecular weight is 385 g/mol. The average Bonchev–Trinajstić information content (AvgIpc) is 2.59. The first-order valence-electron chi connectivity index (χ1n) is 7.93. The minimum atomic E-state index is -0.313. The highest BCUT2D eigenvalue weighted by atomic mass is 35.5. The molecule has 2 aromatic rings. The van der Waals surface area contributed by atoms with Crippen molar-refractivity contribution in [3.63, 3.8) is 0 Å². The van der Waals surface area contributed by atoms with Gasteiger partial charge in [0.2, 0.25) is 0 Å². The van der Waals surface area contributed by atoms with E-state index in [4.69, 9.17) is 11.6 Å². The molecule has 1 aromatic carbocycles. The van der Waals surface area contributed by atoms with E-state index in [1.54, 1.807) is 13.2 Å². The van der Waals surface area contributed by atoms with Gasteiger partial charge < -0.3 is 9.88 Å². The summed E-state index contributed by atoms with van der Waals surface area (Å²) in [6.45, 7) is 2.92. The summed E-state index contributed by atoms with van der Waals surface area (Å²) in [7, 11) is 3.17. The molecular weight excluding hydrogens is 363 g/mol. The van der Waals surface area contributed by atoms with Crippen LogP contribution in [0.3, 0.4) is 0 Å². The first kappa shape index (κ1) is 19.7. The van der Waals surface area contributed by atoms with Crippen molar-refractivity contribution >= 4 is 24.0 Å². The van der Waals surface area contributed by atoms with Crippen molar-refractivity contribution < 1.29 is 0 Å². The molecule has 1 atom stereocenters. The van der Waals surface area contributed by atoms with Crippen LogP contribution in [-0.2, 0) is 20.6 Å². The van der Waals surface area contributed by atoms with Gasteiger partial charge in [0.15, 0.2) is 0 Å². The third kappa shape index (κ3) is 3.98. The number of rotatable bonds is 3. The Labute approximate surface area is 157 Å². The molecule has 0 saturated carbocycles. The van der Waals surface area contributed by atoms with Gasteiger partial charge in [-0.25, -0.2) is 4.79 Å². The van der Waals surface area contributed by atoms with Crippen molar-refractivity contribution in [2.24, 2.45) is 14.1 Å². The fourth-order valence-corrected chi connectivity index (χ4v) is 3.46. The quantitative estimate of drug-likeness (QED) is 0.866. The fourth-order valence-electron chi connectivity index (χ4n) is 3.20. The van der Waals surface area contributed by atoms with Gasteiger partial charge in [0.25, 0.3) is 5.56 Å². The highest BCUT2D eigenvalue weighted by Crippen LogP contribution is 2.29. The molecule has 1 aliphatic heterocycles. The third-order valence-electron chi connectivity index (χ3n) is 4.51. The molecule has 6 nitrogen and oxygen atoms in total. The zero-order valence-corrected chi connectivity index (χ0v) is 15.8. The molecular formula is C17H22Cl2N4O2. The molecule has 0 radical (unpaired) electrons. The number of piperazine rings is 1. The summed E-state index contributed by atoms with van der Waals surface area (Å²) in [5.74, 6) is 0. The molecule has 2 heterocycles. The monoisotopic (exact) mass is 384 g/mol. The highest BCUT2D eigenvalue weighted by Gasteiger charge is 2.26. The number of aromatic nitrogens is 2. The highest BCUT2D eigenvalue weighted by molar-refractivity contribution is 6.31. The van der Waals surface area contributed by atoms with Gasteiger partial charge in [-0.05, 0) is 11.6 Å². The van der Waals surface area contributed by atoms with Crippen molar-refractivity contribution in [3.05, 3.63) is 67.4 Å². The van der Waals surface area contributed by atoms with E-state index in [2.05, 4.69) is 10.2 Å². The van der Waals surface area contributed by atoms with Crippen LogP contribution in [0.2, 0.25) is 5.02 Å². The van der Waals surface area contributed by atoms with Crippen molar-refractivity contribution in [2.45, 2.75) is 12.6 Å². The van der Waals surface area contributed by atoms with Gasteiger partial charge in [0, 0.05) is 63.1 Å². The molecule has 8 heteroatoms. The molecule has 25 heavy (non-hydrogen) atoms. The zero-order chi connectivity index (χ0) is 17.3. The summed E-state index contributed by atoms with van der Waals surface area (Å²) in [5, 5.41) is 4.11. The second-order valence-electron chi connectivity index (χ2n) is 6.12. The first-order valence-corrected chi connectivity index (χ1v) is 8.31. The van der Waals surface area contributed by atoms with Gasteiger partial charge >= 0.3 is 5.69 Å². The molecule has 1 aliphatic rings. The molecule has 1 fully saturated rings. The Hall–Kier alpha value is -1.60. The van der Waals surface area contributed by atoms with Crippen LogP contribution >= 0.6 is 24.0 Å². The van der Waals surface area contributed by atoms with Crippen LogP contribution < -0.4 is 16.6 Å². The smallest absolute Gasteiger partial charge is 0.314 e. The van der Waals surface area contributed by atoms with Crippen molar-refractivity contribution in [2.75, 3.05) is 19.6 Å². The number of hydrogen-bond donors (Lipinski definition) is 1. The number of aryl methyl sites for hydroxylation is 1. The zero-order valence-electron chi connectivity index (χ0n) is 14.2. The molecule has 1 unspecified atom stereocenters. The molecule has 1 N–H and O–H groups in total. The summed E-state index contributed by atoms with van der Waals surface area (Å²) in [6.07, 6.45) is 1.64. The largest absolute Gasteiger partial charge is 0.330 e. The van der Waals surface area contributed by atoms with Crippen molar-refractivity contribution in [1.82, 2.24) is 19.4 Å². The molecule has 0 bridgehead atoms. The van der Waals surface area contributed by atoms with Crippen LogP contribution in [0.5, 0.6) is 0 Å². The predicted octanol–water partition coefficient (Wildman–Crippen LogP) is 1.31. The first-order chi connectivity index (χ1) is 11.5. The van der Waals surface area contributed by atoms with E-state index in [0.29, 0.717) is 12.1 Å². The lowest BCUT2D eigenvalue weighted by Crippen LogP contribution is -2.47. The minimum absolute atomic E-state index is 0. The molecule has 0 aliphatic carbocycles. The summed E-state index contributed by atoms with van der Waals surface area (Å²) in [5.41, 5.74) is 1.10. The normalized spacial score (nSPS) is 18.0. The maximum Gasteiger partial charge on any atom is 0.330 e. The second kappa shape index (κ2) is 8.19. The Kier molecular flexibility index (Phi) is 6.46. The summed E-state index contributed by atoms with van der Waals surface area (Å²) < 4.78 is 2.60. The molecule has 3 rings (SSSR count). The summed E-state index contributed by atoms with van der Waals surface area (Å²) in [6, 6.07) is 7.88. The third-order valence-corrected chi connectivity index (χ3v) is 4.85. The number of benzene rings is 1. The van der Waals surface area contributed by atoms with Gasteiger partial charge in [-0.15, -0.1) is 12.4 Å². The fraction of sp³-hybridized carbons (Fsp3) is 0.412. The van der Waals surface area contributed by atoms with E-state index in [9.17, 15) is 9.59 Å². The lowest BCUT2D eigenvalue weighted by molar-refractivity contribution is 0.152. The van der Waals surface area contributed by atoms with E-state index >= 15 is 0 Å². The van der Waals surface area contributed by atoms with E-state index in [1.165, 1.54) is 11.6 Å². The number of nitrogens with zero attached hydrogens (tertiary/aromatic N) is 3. The SMILES string of the molecule is Cl.Cn1cc(CN2CCNCC2c2ccccc2Cl)c(=O)n(C)c1=O. The van der Waals surface area contributed by atoms with Crippen molar-refractivity contribution in [3.8, 4) is 0 Å². The maximum absolute atomic E-state index is 12.4. The topological polar surface area (TPSA) is 59.3 Å². The lowest BCUT2D eigenvalue weighted by atomic mass is 10.0. The van der Waals surface area contributed by atoms with E-state index < -0.39 is 0 Å². The number of halogens is 2. The Morgan fingerprint density at radius 2 is 1.96 bits per heavy atom. The van der Waals surface area contributed by atoms with Gasteiger partial charge in [0.05, 0.1) is 0 Å². The number of hydrogen-bond acceptors (Lipinski definition) is 4. The molecule has 1 saturated heterocycles. The molecule has 0 spiro atoms. The van der Waals surface area contributed by atoms with Crippen molar-refractivity contribution in [1.29, 1.82) is 0 Å². The Morgan fingerprint density at radius 1 is 1.24 bits per heavy atom. The lowest BCUT2D eigenvalue weighted by Gasteiger charge is -2.36. The van der Waals surface area contributed by atoms with Crippen LogP contribution in [0.15, 0.2) is 40.1 Å². The molecule has 0 amide bonds. The number of nitrogens with one attached hydrogen (secondary N) is 1. The van der Waals surface area contributed by atoms with E-state index in [-0.39, 0.29) is 29.7 Å². The predicted molar refractivity (Wildman–Crippen MR) is 102 cm³/mol. The maximum atomic E-state index is 12.4. The Bertz CT molecular complexity index is 862. The van der Waals surface area contributed by atoms with Gasteiger partial charge in [-0.2, -0.15) is 0 Å². The van der Waals surface area contributed by atoms with E-state index in [0.717, 1.165) is 34.8 Å². The summed E-state index contributed by atoms with van der Waals surface area (Å²) >= 11 is 6.36. The van der Waals surface area contributed by atoms with Gasteiger partial charge in [-0.1, -0.05) is 29.8 Å². The van der Waals surface area contributed by atoms with Crippen LogP contribution in [0.1, 0.15) is 17.2 Å². The minimum Gasteiger partial charge on any atom is -0.314 e.